The molecule has 0 atom stereocenters. The van der Waals surface area contributed by atoms with Gasteiger partial charge in [0.05, 0.1) is 6.54 Å². The number of aromatic nitrogens is 3. The van der Waals surface area contributed by atoms with E-state index in [9.17, 15) is 4.79 Å². The summed E-state index contributed by atoms with van der Waals surface area (Å²) in [5.74, 6) is 0.364. The maximum Gasteiger partial charge on any atom is 0.309 e. The van der Waals surface area contributed by atoms with E-state index in [2.05, 4.69) is 9.97 Å². The topological polar surface area (TPSA) is 73.8 Å². The van der Waals surface area contributed by atoms with Crippen LogP contribution in [0.4, 0.5) is 5.82 Å². The van der Waals surface area contributed by atoms with Crippen LogP contribution in [0, 0.1) is 3.83 Å². The van der Waals surface area contributed by atoms with Crippen molar-refractivity contribution in [1.29, 1.82) is 0 Å². The van der Waals surface area contributed by atoms with E-state index in [1.54, 1.807) is 4.57 Å². The zero-order valence-corrected chi connectivity index (χ0v) is 12.7. The molecular formula is C12H9IN4OS. The second-order valence-corrected chi connectivity index (χ2v) is 5.90. The zero-order valence-electron chi connectivity index (χ0n) is 9.71. The monoisotopic (exact) mass is 384 g/mol. The number of rotatable bonds is 2. The van der Waals surface area contributed by atoms with Crippen molar-refractivity contribution in [3.05, 3.63) is 49.4 Å². The summed E-state index contributed by atoms with van der Waals surface area (Å²) >= 11 is 3.08. The van der Waals surface area contributed by atoms with Crippen molar-refractivity contribution >= 4 is 50.1 Å². The molecule has 0 saturated carbocycles. The van der Waals surface area contributed by atoms with Gasteiger partial charge in [-0.25, -0.2) is 9.97 Å². The van der Waals surface area contributed by atoms with Crippen molar-refractivity contribution in [3.63, 3.8) is 0 Å². The minimum Gasteiger partial charge on any atom is -0.382 e. The molecule has 5 nitrogen and oxygen atoms in total. The molecule has 96 valence electrons. The van der Waals surface area contributed by atoms with Gasteiger partial charge in [0, 0.05) is 22.6 Å². The van der Waals surface area contributed by atoms with E-state index in [-0.39, 0.29) is 4.87 Å². The van der Waals surface area contributed by atoms with Crippen LogP contribution in [-0.2, 0) is 6.54 Å². The third-order valence-electron chi connectivity index (χ3n) is 2.70. The molecule has 3 aromatic rings. The fourth-order valence-electron chi connectivity index (χ4n) is 1.84. The number of nitrogens with zero attached hydrogens (tertiary/aromatic N) is 3. The van der Waals surface area contributed by atoms with Crippen LogP contribution in [0.15, 0.2) is 35.1 Å². The largest absolute Gasteiger partial charge is 0.382 e. The maximum atomic E-state index is 12.1. The number of halogens is 1. The lowest BCUT2D eigenvalue weighted by atomic mass is 10.2. The molecule has 1 aromatic carbocycles. The van der Waals surface area contributed by atoms with Gasteiger partial charge in [-0.2, -0.15) is 0 Å². The summed E-state index contributed by atoms with van der Waals surface area (Å²) in [6.07, 6.45) is 0. The van der Waals surface area contributed by atoms with Crippen LogP contribution in [0.2, 0.25) is 0 Å². The fourth-order valence-corrected chi connectivity index (χ4v) is 3.16. The summed E-state index contributed by atoms with van der Waals surface area (Å²) in [5.41, 5.74) is 7.49. The Hall–Kier alpha value is -1.48. The number of nitrogen functional groups attached to an aromatic ring is 1. The van der Waals surface area contributed by atoms with Crippen LogP contribution in [0.3, 0.4) is 0 Å². The predicted octanol–water partition coefficient (Wildman–Crippen LogP) is 2.09. The summed E-state index contributed by atoms with van der Waals surface area (Å²) in [5, 5.41) is 0. The molecule has 0 amide bonds. The SMILES string of the molecule is Nc1nc(I)nc2c1sc(=O)n2Cc1ccccc1. The van der Waals surface area contributed by atoms with Crippen LogP contribution in [-0.4, -0.2) is 14.5 Å². The number of thiazole rings is 1. The molecule has 2 heterocycles. The van der Waals surface area contributed by atoms with Gasteiger partial charge in [-0.3, -0.25) is 9.36 Å². The van der Waals surface area contributed by atoms with Gasteiger partial charge >= 0.3 is 4.87 Å². The highest BCUT2D eigenvalue weighted by atomic mass is 127. The van der Waals surface area contributed by atoms with Crippen LogP contribution >= 0.6 is 33.9 Å². The van der Waals surface area contributed by atoms with E-state index in [0.29, 0.717) is 26.5 Å². The molecule has 0 aliphatic carbocycles. The number of anilines is 1. The molecule has 0 saturated heterocycles. The summed E-state index contributed by atoms with van der Waals surface area (Å²) in [4.78, 5) is 20.4. The Morgan fingerprint density at radius 2 is 2.00 bits per heavy atom. The van der Waals surface area contributed by atoms with E-state index < -0.39 is 0 Å². The first-order valence-corrected chi connectivity index (χ1v) is 7.41. The average Bonchev–Trinajstić information content (AvgIpc) is 2.69. The maximum absolute atomic E-state index is 12.1. The van der Waals surface area contributed by atoms with Gasteiger partial charge < -0.3 is 5.73 Å². The van der Waals surface area contributed by atoms with Crippen LogP contribution in [0.5, 0.6) is 0 Å². The summed E-state index contributed by atoms with van der Waals surface area (Å²) in [7, 11) is 0. The first-order valence-electron chi connectivity index (χ1n) is 5.51. The van der Waals surface area contributed by atoms with Crippen molar-refractivity contribution in [2.75, 3.05) is 5.73 Å². The highest BCUT2D eigenvalue weighted by molar-refractivity contribution is 14.1. The molecular weight excluding hydrogens is 375 g/mol. The quantitative estimate of drug-likeness (QED) is 0.543. The van der Waals surface area contributed by atoms with Crippen molar-refractivity contribution in [2.24, 2.45) is 0 Å². The number of hydrogen-bond acceptors (Lipinski definition) is 5. The van der Waals surface area contributed by atoms with E-state index in [1.165, 1.54) is 0 Å². The number of hydrogen-bond donors (Lipinski definition) is 1. The molecule has 7 heteroatoms. The molecule has 0 unspecified atom stereocenters. The molecule has 0 fully saturated rings. The highest BCUT2D eigenvalue weighted by Crippen LogP contribution is 2.22. The van der Waals surface area contributed by atoms with E-state index in [0.717, 1.165) is 16.9 Å². The fraction of sp³-hybridized carbons (Fsp3) is 0.0833. The smallest absolute Gasteiger partial charge is 0.309 e. The molecule has 19 heavy (non-hydrogen) atoms. The van der Waals surface area contributed by atoms with Crippen LogP contribution < -0.4 is 10.6 Å². The molecule has 2 N–H and O–H groups in total. The van der Waals surface area contributed by atoms with Gasteiger partial charge in [0.15, 0.2) is 9.48 Å². The molecule has 2 aromatic heterocycles. The van der Waals surface area contributed by atoms with Crippen molar-refractivity contribution in [1.82, 2.24) is 14.5 Å². The molecule has 0 aliphatic rings. The zero-order chi connectivity index (χ0) is 13.4. The first-order chi connectivity index (χ1) is 9.15. The Kier molecular flexibility index (Phi) is 3.23. The van der Waals surface area contributed by atoms with Gasteiger partial charge in [0.2, 0.25) is 0 Å². The third kappa shape index (κ3) is 2.35. The number of nitrogens with two attached hydrogens (primary N) is 1. The Labute approximate surface area is 126 Å². The molecule has 0 bridgehead atoms. The lowest BCUT2D eigenvalue weighted by Crippen LogP contribution is -2.14. The van der Waals surface area contributed by atoms with E-state index >= 15 is 0 Å². The second kappa shape index (κ2) is 4.89. The molecule has 0 aliphatic heterocycles. The minimum atomic E-state index is -0.0677. The Morgan fingerprint density at radius 1 is 1.26 bits per heavy atom. The second-order valence-electron chi connectivity index (χ2n) is 3.97. The van der Waals surface area contributed by atoms with E-state index in [1.807, 2.05) is 52.9 Å². The van der Waals surface area contributed by atoms with Crippen LogP contribution in [0.1, 0.15) is 5.56 Å². The van der Waals surface area contributed by atoms with Crippen molar-refractivity contribution < 1.29 is 0 Å². The Bertz CT molecular complexity index is 797. The van der Waals surface area contributed by atoms with E-state index in [4.69, 9.17) is 5.73 Å². The van der Waals surface area contributed by atoms with Gasteiger partial charge in [-0.05, 0) is 5.56 Å². The summed E-state index contributed by atoms with van der Waals surface area (Å²) in [6, 6.07) is 9.79. The standard InChI is InChI=1S/C12H9IN4OS/c13-11-15-9(14)8-10(16-11)17(12(18)19-8)6-7-4-2-1-3-5-7/h1-5H,6H2,(H2,14,15,16). The minimum absolute atomic E-state index is 0.0677. The molecule has 0 spiro atoms. The Balaban J connectivity index is 2.18. The third-order valence-corrected chi connectivity index (χ3v) is 4.17. The lowest BCUT2D eigenvalue weighted by Gasteiger charge is -2.03. The van der Waals surface area contributed by atoms with Gasteiger partial charge in [-0.15, -0.1) is 0 Å². The number of benzene rings is 1. The van der Waals surface area contributed by atoms with Crippen LogP contribution in [0.25, 0.3) is 10.3 Å². The molecule has 0 radical (unpaired) electrons. The van der Waals surface area contributed by atoms with Crippen molar-refractivity contribution in [2.45, 2.75) is 6.54 Å². The first kappa shape index (κ1) is 12.5. The highest BCUT2D eigenvalue weighted by Gasteiger charge is 2.13. The van der Waals surface area contributed by atoms with Gasteiger partial charge in [-0.1, -0.05) is 41.7 Å². The Morgan fingerprint density at radius 3 is 2.74 bits per heavy atom. The van der Waals surface area contributed by atoms with Gasteiger partial charge in [0.1, 0.15) is 10.5 Å². The van der Waals surface area contributed by atoms with Gasteiger partial charge in [0.25, 0.3) is 0 Å². The lowest BCUT2D eigenvalue weighted by molar-refractivity contribution is 0.801. The normalized spacial score (nSPS) is 11.0. The number of fused-ring (bicyclic) bond motifs is 1. The van der Waals surface area contributed by atoms with Crippen molar-refractivity contribution in [3.8, 4) is 0 Å². The summed E-state index contributed by atoms with van der Waals surface area (Å²) in [6.45, 7) is 0.492. The average molecular weight is 384 g/mol. The molecule has 3 rings (SSSR count). The predicted molar refractivity (Wildman–Crippen MR) is 84.3 cm³/mol. The summed E-state index contributed by atoms with van der Waals surface area (Å²) < 4.78 is 2.83.